The van der Waals surface area contributed by atoms with Gasteiger partial charge in [0, 0.05) is 13.8 Å². The summed E-state index contributed by atoms with van der Waals surface area (Å²) in [6.45, 7) is 4.04. The van der Waals surface area contributed by atoms with Crippen LogP contribution in [0.1, 0.15) is 19.4 Å². The molecule has 0 saturated carbocycles. The van der Waals surface area contributed by atoms with Gasteiger partial charge in [-0.15, -0.1) is 0 Å². The van der Waals surface area contributed by atoms with Crippen molar-refractivity contribution in [2.45, 2.75) is 38.8 Å². The second-order valence-electron chi connectivity index (χ2n) is 5.98. The topological polar surface area (TPSA) is 87.5 Å². The number of rotatable bonds is 6. The van der Waals surface area contributed by atoms with Crippen LogP contribution in [0.4, 0.5) is 4.79 Å². The molecule has 1 aromatic carbocycles. The van der Waals surface area contributed by atoms with Crippen molar-refractivity contribution in [2.75, 3.05) is 0 Å². The molecule has 0 radical (unpaired) electrons. The molecule has 1 atom stereocenters. The number of hydrogen-bond donors (Lipinski definition) is 1. The molecule has 1 aliphatic rings. The van der Waals surface area contributed by atoms with E-state index in [1.165, 1.54) is 11.1 Å². The molecule has 8 heteroatoms. The van der Waals surface area contributed by atoms with Crippen molar-refractivity contribution in [3.05, 3.63) is 60.3 Å². The summed E-state index contributed by atoms with van der Waals surface area (Å²) in [4.78, 5) is 13.6. The first-order valence-electron chi connectivity index (χ1n) is 7.90. The number of nitrogens with one attached hydrogen (secondary N) is 1. The molecule has 0 fully saturated rings. The van der Waals surface area contributed by atoms with Gasteiger partial charge in [-0.3, -0.25) is 0 Å². The van der Waals surface area contributed by atoms with Crippen molar-refractivity contribution in [3.8, 4) is 0 Å². The molecule has 0 unspecified atom stereocenters. The van der Waals surface area contributed by atoms with E-state index in [4.69, 9.17) is 14.2 Å². The monoisotopic (exact) mass is 344 g/mol. The van der Waals surface area contributed by atoms with Crippen LogP contribution in [0.5, 0.6) is 0 Å². The maximum atomic E-state index is 12.2. The predicted octanol–water partition coefficient (Wildman–Crippen LogP) is 2.20. The van der Waals surface area contributed by atoms with Crippen molar-refractivity contribution in [3.63, 3.8) is 0 Å². The number of carbonyl (C=O) groups is 1. The Labute approximate surface area is 145 Å². The number of nitrogens with zero attached hydrogens (tertiary/aromatic N) is 3. The molecule has 25 heavy (non-hydrogen) atoms. The Hall–Kier alpha value is -3.03. The smallest absolute Gasteiger partial charge is 0.408 e. The van der Waals surface area contributed by atoms with Gasteiger partial charge in [0.1, 0.15) is 18.9 Å². The number of ether oxygens (including phenoxy) is 3. The predicted molar refractivity (Wildman–Crippen MR) is 87.9 cm³/mol. The van der Waals surface area contributed by atoms with Crippen LogP contribution in [0.25, 0.3) is 0 Å². The van der Waals surface area contributed by atoms with Crippen LogP contribution in [-0.4, -0.2) is 32.9 Å². The molecule has 2 aromatic rings. The number of alkyl carbamates (subject to hydrolysis) is 1. The van der Waals surface area contributed by atoms with E-state index in [1.807, 2.05) is 30.3 Å². The minimum atomic E-state index is -0.777. The molecule has 2 heterocycles. The summed E-state index contributed by atoms with van der Waals surface area (Å²) in [5.74, 6) is -0.292. The van der Waals surface area contributed by atoms with E-state index in [-0.39, 0.29) is 6.61 Å². The third-order valence-electron chi connectivity index (χ3n) is 3.48. The molecule has 1 aromatic heterocycles. The van der Waals surface area contributed by atoms with Crippen molar-refractivity contribution in [2.24, 2.45) is 0 Å². The fourth-order valence-corrected chi connectivity index (χ4v) is 2.30. The van der Waals surface area contributed by atoms with E-state index >= 15 is 0 Å². The highest BCUT2D eigenvalue weighted by atomic mass is 16.7. The zero-order valence-electron chi connectivity index (χ0n) is 14.1. The quantitative estimate of drug-likeness (QED) is 0.864. The van der Waals surface area contributed by atoms with E-state index in [0.29, 0.717) is 12.3 Å². The van der Waals surface area contributed by atoms with E-state index in [2.05, 4.69) is 15.5 Å². The Morgan fingerprint density at radius 1 is 1.28 bits per heavy atom. The van der Waals surface area contributed by atoms with Gasteiger partial charge in [-0.1, -0.05) is 30.3 Å². The molecular formula is C17H20N4O4. The molecular weight excluding hydrogens is 324 g/mol. The van der Waals surface area contributed by atoms with Gasteiger partial charge >= 0.3 is 6.09 Å². The molecule has 132 valence electrons. The van der Waals surface area contributed by atoms with Gasteiger partial charge in [0.15, 0.2) is 5.76 Å². The lowest BCUT2D eigenvalue weighted by molar-refractivity contribution is -0.119. The molecule has 1 N–H and O–H groups in total. The van der Waals surface area contributed by atoms with Crippen LogP contribution in [0.2, 0.25) is 0 Å². The number of carbonyl (C=O) groups excluding carboxylic acids is 1. The Kier molecular flexibility index (Phi) is 4.87. The molecule has 0 spiro atoms. The highest BCUT2D eigenvalue weighted by Crippen LogP contribution is 2.26. The van der Waals surface area contributed by atoms with Crippen LogP contribution in [0.15, 0.2) is 54.7 Å². The lowest BCUT2D eigenvalue weighted by atomic mass is 10.2. The summed E-state index contributed by atoms with van der Waals surface area (Å²) in [5.41, 5.74) is 0.906. The fraction of sp³-hybridized carbons (Fsp3) is 0.353. The van der Waals surface area contributed by atoms with Gasteiger partial charge < -0.3 is 19.5 Å². The van der Waals surface area contributed by atoms with Crippen molar-refractivity contribution >= 4 is 6.09 Å². The van der Waals surface area contributed by atoms with E-state index in [0.717, 1.165) is 5.56 Å². The van der Waals surface area contributed by atoms with Crippen LogP contribution in [0, 0.1) is 0 Å². The van der Waals surface area contributed by atoms with Gasteiger partial charge in [0.05, 0.1) is 18.9 Å². The Morgan fingerprint density at radius 2 is 2.00 bits per heavy atom. The summed E-state index contributed by atoms with van der Waals surface area (Å²) < 4.78 is 16.4. The SMILES string of the molecule is CC1(C)OC=C([C@@H](Cn2nccn2)NC(=O)OCc2ccccc2)O1. The summed E-state index contributed by atoms with van der Waals surface area (Å²) in [7, 11) is 0. The lowest BCUT2D eigenvalue weighted by Gasteiger charge is -2.22. The van der Waals surface area contributed by atoms with Gasteiger partial charge in [0.25, 0.3) is 0 Å². The summed E-state index contributed by atoms with van der Waals surface area (Å²) >= 11 is 0. The van der Waals surface area contributed by atoms with Crippen LogP contribution in [0.3, 0.4) is 0 Å². The van der Waals surface area contributed by atoms with Crippen LogP contribution in [-0.2, 0) is 27.4 Å². The van der Waals surface area contributed by atoms with Gasteiger partial charge in [-0.05, 0) is 5.56 Å². The van der Waals surface area contributed by atoms with Crippen molar-refractivity contribution in [1.29, 1.82) is 0 Å². The van der Waals surface area contributed by atoms with Crippen molar-refractivity contribution in [1.82, 2.24) is 20.3 Å². The number of hydrogen-bond acceptors (Lipinski definition) is 6. The minimum Gasteiger partial charge on any atom is -0.457 e. The average Bonchev–Trinajstić information content (AvgIpc) is 3.22. The second kappa shape index (κ2) is 7.25. The summed E-state index contributed by atoms with van der Waals surface area (Å²) in [5, 5.41) is 10.9. The largest absolute Gasteiger partial charge is 0.457 e. The number of amides is 1. The first-order chi connectivity index (χ1) is 12.0. The zero-order valence-corrected chi connectivity index (χ0v) is 14.1. The van der Waals surface area contributed by atoms with E-state index in [9.17, 15) is 4.79 Å². The van der Waals surface area contributed by atoms with E-state index in [1.54, 1.807) is 26.2 Å². The zero-order chi connectivity index (χ0) is 17.7. The molecule has 0 aliphatic carbocycles. The molecule has 1 aliphatic heterocycles. The molecule has 0 bridgehead atoms. The molecule has 0 saturated heterocycles. The minimum absolute atomic E-state index is 0.182. The van der Waals surface area contributed by atoms with Crippen molar-refractivity contribution < 1.29 is 19.0 Å². The first-order valence-corrected chi connectivity index (χ1v) is 7.90. The fourth-order valence-electron chi connectivity index (χ4n) is 2.30. The highest BCUT2D eigenvalue weighted by Gasteiger charge is 2.33. The number of benzene rings is 1. The van der Waals surface area contributed by atoms with Gasteiger partial charge in [-0.25, -0.2) is 4.79 Å². The standard InChI is InChI=1S/C17H20N4O4/c1-17(2)24-12-15(25-17)14(10-21-18-8-9-19-21)20-16(22)23-11-13-6-4-3-5-7-13/h3-9,12,14H,10-11H2,1-2H3,(H,20,22)/t14-/m1/s1. The Bertz CT molecular complexity index is 728. The van der Waals surface area contributed by atoms with Crippen LogP contribution >= 0.6 is 0 Å². The van der Waals surface area contributed by atoms with Crippen LogP contribution < -0.4 is 5.32 Å². The lowest BCUT2D eigenvalue weighted by Crippen LogP contribution is -2.41. The molecule has 8 nitrogen and oxygen atoms in total. The second-order valence-corrected chi connectivity index (χ2v) is 5.98. The Balaban J connectivity index is 1.62. The van der Waals surface area contributed by atoms with Gasteiger partial charge in [0.2, 0.25) is 5.79 Å². The van der Waals surface area contributed by atoms with E-state index < -0.39 is 17.9 Å². The third-order valence-corrected chi connectivity index (χ3v) is 3.48. The maximum absolute atomic E-state index is 12.2. The highest BCUT2D eigenvalue weighted by molar-refractivity contribution is 5.68. The Morgan fingerprint density at radius 3 is 2.64 bits per heavy atom. The maximum Gasteiger partial charge on any atom is 0.408 e. The molecule has 1 amide bonds. The summed E-state index contributed by atoms with van der Waals surface area (Å²) in [6, 6.07) is 8.94. The third kappa shape index (κ3) is 4.72. The summed E-state index contributed by atoms with van der Waals surface area (Å²) in [6.07, 6.45) is 4.06. The average molecular weight is 344 g/mol. The normalized spacial score (nSPS) is 16.3. The first kappa shape index (κ1) is 16.8. The molecule has 3 rings (SSSR count). The number of aromatic nitrogens is 3. The van der Waals surface area contributed by atoms with Gasteiger partial charge in [-0.2, -0.15) is 15.0 Å².